The second kappa shape index (κ2) is 5.96. The van der Waals surface area contributed by atoms with Gasteiger partial charge in [0.2, 0.25) is 11.8 Å². The first-order valence-electron chi connectivity index (χ1n) is 2.88. The Labute approximate surface area is 69.4 Å². The molecule has 0 unspecified atom stereocenters. The van der Waals surface area contributed by atoms with Crippen LogP contribution in [0.25, 0.3) is 0 Å². The van der Waals surface area contributed by atoms with Gasteiger partial charge < -0.3 is 0 Å². The van der Waals surface area contributed by atoms with Gasteiger partial charge in [-0.1, -0.05) is 12.8 Å². The predicted molar refractivity (Wildman–Crippen MR) is 41.8 cm³/mol. The molecule has 11 heavy (non-hydrogen) atoms. The van der Waals surface area contributed by atoms with Crippen molar-refractivity contribution in [3.8, 4) is 0 Å². The van der Waals surface area contributed by atoms with Crippen molar-refractivity contribution >= 4 is 24.6 Å². The molecule has 5 N–H and O–H groups in total. The molecule has 0 saturated heterocycles. The number of rotatable bonds is 4. The van der Waals surface area contributed by atoms with Gasteiger partial charge in [-0.05, 0) is 0 Å². The number of hydrogen-bond donors (Lipinski definition) is 5. The van der Waals surface area contributed by atoms with Crippen molar-refractivity contribution in [2.45, 2.75) is 12.8 Å². The SMILES string of the molecule is NNC(=O)CCC(=O)NNS. The molecule has 0 aromatic carbocycles. The van der Waals surface area contributed by atoms with E-state index in [1.165, 1.54) is 0 Å². The fraction of sp³-hybridized carbons (Fsp3) is 0.500. The first-order valence-corrected chi connectivity index (χ1v) is 3.32. The quantitative estimate of drug-likeness (QED) is 0.152. The summed E-state index contributed by atoms with van der Waals surface area (Å²) in [5.74, 6) is 4.08. The van der Waals surface area contributed by atoms with E-state index in [1.54, 1.807) is 0 Å². The van der Waals surface area contributed by atoms with Crippen molar-refractivity contribution in [1.82, 2.24) is 15.7 Å². The fourth-order valence-corrected chi connectivity index (χ4v) is 0.549. The molecule has 0 bridgehead atoms. The predicted octanol–water partition coefficient (Wildman–Crippen LogP) is -1.78. The summed E-state index contributed by atoms with van der Waals surface area (Å²) in [4.78, 5) is 23.2. The van der Waals surface area contributed by atoms with E-state index in [0.717, 1.165) is 0 Å². The Kier molecular flexibility index (Phi) is 5.53. The number of thiol groups is 1. The lowest BCUT2D eigenvalue weighted by molar-refractivity contribution is -0.126. The maximum Gasteiger partial charge on any atom is 0.235 e. The lowest BCUT2D eigenvalue weighted by Gasteiger charge is -2.00. The lowest BCUT2D eigenvalue weighted by Crippen LogP contribution is -2.34. The van der Waals surface area contributed by atoms with Crippen LogP contribution in [-0.2, 0) is 9.59 Å². The summed E-state index contributed by atoms with van der Waals surface area (Å²) in [5.41, 5.74) is 4.08. The average molecular weight is 178 g/mol. The molecule has 0 aliphatic carbocycles. The second-order valence-electron chi connectivity index (χ2n) is 1.73. The van der Waals surface area contributed by atoms with Crippen LogP contribution in [0.1, 0.15) is 12.8 Å². The average Bonchev–Trinajstić information content (AvgIpc) is 2.01. The number of nitrogens with one attached hydrogen (secondary N) is 3. The minimum atomic E-state index is -0.376. The fourth-order valence-electron chi connectivity index (χ4n) is 0.424. The Morgan fingerprint density at radius 3 is 2.27 bits per heavy atom. The van der Waals surface area contributed by atoms with Gasteiger partial charge in [-0.3, -0.25) is 20.4 Å². The van der Waals surface area contributed by atoms with Gasteiger partial charge in [0.1, 0.15) is 0 Å². The monoisotopic (exact) mass is 178 g/mol. The highest BCUT2D eigenvalue weighted by atomic mass is 32.1. The summed E-state index contributed by atoms with van der Waals surface area (Å²) in [5, 5.41) is 0. The van der Waals surface area contributed by atoms with Gasteiger partial charge in [0.05, 0.1) is 0 Å². The highest BCUT2D eigenvalue weighted by Gasteiger charge is 2.03. The smallest absolute Gasteiger partial charge is 0.235 e. The van der Waals surface area contributed by atoms with E-state index in [0.29, 0.717) is 0 Å². The number of amides is 2. The molecule has 0 aromatic rings. The first kappa shape index (κ1) is 10.2. The zero-order valence-electron chi connectivity index (χ0n) is 5.76. The molecule has 64 valence electrons. The van der Waals surface area contributed by atoms with E-state index in [4.69, 9.17) is 5.84 Å². The van der Waals surface area contributed by atoms with Gasteiger partial charge in [0.15, 0.2) is 0 Å². The molecule has 0 aliphatic rings. The van der Waals surface area contributed by atoms with E-state index in [1.807, 2.05) is 5.43 Å². The molecule has 0 rings (SSSR count). The van der Waals surface area contributed by atoms with E-state index in [2.05, 4.69) is 23.1 Å². The highest BCUT2D eigenvalue weighted by molar-refractivity contribution is 7.78. The normalized spacial score (nSPS) is 8.91. The number of hydrogen-bond acceptors (Lipinski definition) is 5. The van der Waals surface area contributed by atoms with Crippen LogP contribution in [0, 0.1) is 0 Å². The number of nitrogens with two attached hydrogens (primary N) is 1. The third-order valence-electron chi connectivity index (χ3n) is 0.935. The van der Waals surface area contributed by atoms with Crippen molar-refractivity contribution in [1.29, 1.82) is 0 Å². The van der Waals surface area contributed by atoms with Gasteiger partial charge in [0, 0.05) is 12.8 Å². The van der Waals surface area contributed by atoms with Crippen LogP contribution in [0.2, 0.25) is 0 Å². The standard InChI is InChI=1S/C4H10N4O2S/c5-6-3(9)1-2-4(10)7-8-11/h8,11H,1-2,5H2,(H,6,9)(H,7,10). The molecule has 0 radical (unpaired) electrons. The summed E-state index contributed by atoms with van der Waals surface area (Å²) in [6.07, 6.45) is 0.147. The molecule has 0 aliphatic heterocycles. The summed E-state index contributed by atoms with van der Waals surface area (Å²) in [6, 6.07) is 0. The van der Waals surface area contributed by atoms with Gasteiger partial charge in [-0.2, -0.15) is 4.83 Å². The molecular weight excluding hydrogens is 168 g/mol. The zero-order chi connectivity index (χ0) is 8.69. The lowest BCUT2D eigenvalue weighted by atomic mass is 10.3. The third-order valence-corrected chi connectivity index (χ3v) is 1.05. The van der Waals surface area contributed by atoms with Crippen molar-refractivity contribution < 1.29 is 9.59 Å². The van der Waals surface area contributed by atoms with Gasteiger partial charge >= 0.3 is 0 Å². The van der Waals surface area contributed by atoms with Gasteiger partial charge in [-0.15, -0.1) is 0 Å². The van der Waals surface area contributed by atoms with Gasteiger partial charge in [-0.25, -0.2) is 5.84 Å². The number of carbonyl (C=O) groups excluding carboxylic acids is 2. The molecule has 0 heterocycles. The maximum atomic E-state index is 10.6. The molecule has 0 saturated carbocycles. The summed E-state index contributed by atoms with van der Waals surface area (Å²) >= 11 is 3.52. The topological polar surface area (TPSA) is 96.2 Å². The van der Waals surface area contributed by atoms with Crippen LogP contribution in [0.5, 0.6) is 0 Å². The zero-order valence-corrected chi connectivity index (χ0v) is 6.65. The van der Waals surface area contributed by atoms with Crippen molar-refractivity contribution in [3.63, 3.8) is 0 Å². The number of hydrazine groups is 2. The van der Waals surface area contributed by atoms with E-state index >= 15 is 0 Å². The molecule has 2 amide bonds. The minimum Gasteiger partial charge on any atom is -0.294 e. The highest BCUT2D eigenvalue weighted by Crippen LogP contribution is 1.86. The maximum absolute atomic E-state index is 10.6. The van der Waals surface area contributed by atoms with Crippen molar-refractivity contribution in [3.05, 3.63) is 0 Å². The summed E-state index contributed by atoms with van der Waals surface area (Å²) in [7, 11) is 0. The Morgan fingerprint density at radius 2 is 1.82 bits per heavy atom. The van der Waals surface area contributed by atoms with Crippen molar-refractivity contribution in [2.75, 3.05) is 0 Å². The largest absolute Gasteiger partial charge is 0.294 e. The van der Waals surface area contributed by atoms with Crippen LogP contribution in [0.15, 0.2) is 0 Å². The van der Waals surface area contributed by atoms with E-state index in [9.17, 15) is 9.59 Å². The number of carbonyl (C=O) groups is 2. The van der Waals surface area contributed by atoms with Crippen molar-refractivity contribution in [2.24, 2.45) is 5.84 Å². The van der Waals surface area contributed by atoms with Gasteiger partial charge in [0.25, 0.3) is 0 Å². The van der Waals surface area contributed by atoms with E-state index in [-0.39, 0.29) is 24.7 Å². The molecule has 6 nitrogen and oxygen atoms in total. The Morgan fingerprint density at radius 1 is 1.27 bits per heavy atom. The summed E-state index contributed by atoms with van der Waals surface area (Å²) < 4.78 is 0. The molecule has 0 aromatic heterocycles. The third kappa shape index (κ3) is 5.64. The molecule has 7 heteroatoms. The molecule has 0 fully saturated rings. The molecule has 0 spiro atoms. The first-order chi connectivity index (χ1) is 5.20. The second-order valence-corrected chi connectivity index (χ2v) is 1.95. The van der Waals surface area contributed by atoms with Crippen LogP contribution >= 0.6 is 12.8 Å². The Bertz CT molecular complexity index is 151. The molecule has 0 atom stereocenters. The Balaban J connectivity index is 3.38. The van der Waals surface area contributed by atoms with Crippen LogP contribution in [0.3, 0.4) is 0 Å². The summed E-state index contributed by atoms with van der Waals surface area (Å²) in [6.45, 7) is 0. The molecular formula is C4H10N4O2S. The van der Waals surface area contributed by atoms with Crippen LogP contribution in [0.4, 0.5) is 0 Å². The van der Waals surface area contributed by atoms with E-state index < -0.39 is 0 Å². The Hall–Kier alpha value is -0.790. The minimum absolute atomic E-state index is 0.0673. The van der Waals surface area contributed by atoms with Crippen LogP contribution in [-0.4, -0.2) is 11.8 Å². The van der Waals surface area contributed by atoms with Crippen LogP contribution < -0.4 is 21.5 Å².